The van der Waals surface area contributed by atoms with Gasteiger partial charge in [0.05, 0.1) is 11.9 Å². The number of rotatable bonds is 2. The van der Waals surface area contributed by atoms with Gasteiger partial charge in [-0.25, -0.2) is 0 Å². The Bertz CT molecular complexity index is 244. The fourth-order valence-corrected chi connectivity index (χ4v) is 0.856. The minimum absolute atomic E-state index is 0.134. The molecule has 0 aliphatic carbocycles. The van der Waals surface area contributed by atoms with Gasteiger partial charge in [-0.05, 0) is 12.8 Å². The van der Waals surface area contributed by atoms with Crippen molar-refractivity contribution in [2.24, 2.45) is 5.92 Å². The molecular formula is C9H14N2O. The van der Waals surface area contributed by atoms with Gasteiger partial charge in [0.1, 0.15) is 5.60 Å². The predicted octanol–water partition coefficient (Wildman–Crippen LogP) is 1.34. The first-order valence-corrected chi connectivity index (χ1v) is 4.04. The van der Waals surface area contributed by atoms with E-state index in [4.69, 9.17) is 0 Å². The van der Waals surface area contributed by atoms with E-state index >= 15 is 0 Å². The Morgan fingerprint density at radius 1 is 1.42 bits per heavy atom. The summed E-state index contributed by atoms with van der Waals surface area (Å²) in [4.78, 5) is 7.97. The van der Waals surface area contributed by atoms with Crippen LogP contribution in [0.2, 0.25) is 0 Å². The number of aromatic nitrogens is 2. The zero-order chi connectivity index (χ0) is 9.19. The Morgan fingerprint density at radius 3 is 2.50 bits per heavy atom. The second-order valence-corrected chi connectivity index (χ2v) is 3.39. The van der Waals surface area contributed by atoms with Gasteiger partial charge in [0.15, 0.2) is 0 Å². The molecule has 0 bridgehead atoms. The SMILES string of the molecule is CC(C)[C@](C)(O)c1cnccn1. The molecule has 0 saturated carbocycles. The highest BCUT2D eigenvalue weighted by molar-refractivity contribution is 5.06. The van der Waals surface area contributed by atoms with Crippen molar-refractivity contribution >= 4 is 0 Å². The average molecular weight is 166 g/mol. The van der Waals surface area contributed by atoms with E-state index in [2.05, 4.69) is 9.97 Å². The van der Waals surface area contributed by atoms with E-state index in [0.29, 0.717) is 5.69 Å². The molecule has 0 amide bonds. The van der Waals surface area contributed by atoms with E-state index in [1.54, 1.807) is 25.5 Å². The van der Waals surface area contributed by atoms with Gasteiger partial charge in [-0.1, -0.05) is 13.8 Å². The summed E-state index contributed by atoms with van der Waals surface area (Å²) in [5, 5.41) is 9.96. The van der Waals surface area contributed by atoms with Crippen molar-refractivity contribution < 1.29 is 5.11 Å². The predicted molar refractivity (Wildman–Crippen MR) is 46.4 cm³/mol. The lowest BCUT2D eigenvalue weighted by Crippen LogP contribution is -2.29. The van der Waals surface area contributed by atoms with E-state index < -0.39 is 5.60 Å². The molecule has 12 heavy (non-hydrogen) atoms. The Kier molecular flexibility index (Phi) is 2.43. The second kappa shape index (κ2) is 3.19. The van der Waals surface area contributed by atoms with Gasteiger partial charge in [-0.2, -0.15) is 0 Å². The molecule has 1 aromatic heterocycles. The van der Waals surface area contributed by atoms with Gasteiger partial charge in [0.2, 0.25) is 0 Å². The van der Waals surface area contributed by atoms with Gasteiger partial charge in [0.25, 0.3) is 0 Å². The minimum Gasteiger partial charge on any atom is -0.384 e. The monoisotopic (exact) mass is 166 g/mol. The summed E-state index contributed by atoms with van der Waals surface area (Å²) in [7, 11) is 0. The molecule has 1 atom stereocenters. The standard InChI is InChI=1S/C9H14N2O/c1-7(2)9(3,12)8-6-10-4-5-11-8/h4-7,12H,1-3H3/t9-/m0/s1. The second-order valence-electron chi connectivity index (χ2n) is 3.39. The van der Waals surface area contributed by atoms with E-state index in [1.807, 2.05) is 13.8 Å². The van der Waals surface area contributed by atoms with Gasteiger partial charge in [0, 0.05) is 12.4 Å². The van der Waals surface area contributed by atoms with Gasteiger partial charge in [-0.15, -0.1) is 0 Å². The zero-order valence-corrected chi connectivity index (χ0v) is 7.65. The van der Waals surface area contributed by atoms with Crippen LogP contribution in [-0.2, 0) is 5.60 Å². The maximum atomic E-state index is 9.96. The largest absolute Gasteiger partial charge is 0.384 e. The number of hydrogen-bond acceptors (Lipinski definition) is 3. The molecule has 0 aromatic carbocycles. The molecule has 0 spiro atoms. The van der Waals surface area contributed by atoms with Crippen LogP contribution >= 0.6 is 0 Å². The molecule has 0 fully saturated rings. The molecule has 1 N–H and O–H groups in total. The van der Waals surface area contributed by atoms with Crippen molar-refractivity contribution in [1.29, 1.82) is 0 Å². The van der Waals surface area contributed by atoms with Crippen molar-refractivity contribution in [3.05, 3.63) is 24.3 Å². The summed E-state index contributed by atoms with van der Waals surface area (Å²) in [6.45, 7) is 5.66. The van der Waals surface area contributed by atoms with Crippen molar-refractivity contribution in [3.8, 4) is 0 Å². The molecule has 1 aromatic rings. The highest BCUT2D eigenvalue weighted by Gasteiger charge is 2.28. The van der Waals surface area contributed by atoms with Gasteiger partial charge in [-0.3, -0.25) is 9.97 Å². The van der Waals surface area contributed by atoms with Gasteiger partial charge >= 0.3 is 0 Å². The van der Waals surface area contributed by atoms with E-state index in [-0.39, 0.29) is 5.92 Å². The Labute approximate surface area is 72.5 Å². The molecular weight excluding hydrogens is 152 g/mol. The normalized spacial score (nSPS) is 16.1. The lowest BCUT2D eigenvalue weighted by molar-refractivity contribution is 0.00451. The van der Waals surface area contributed by atoms with Crippen LogP contribution in [0.25, 0.3) is 0 Å². The van der Waals surface area contributed by atoms with Crippen LogP contribution in [0.5, 0.6) is 0 Å². The maximum Gasteiger partial charge on any atom is 0.108 e. The molecule has 0 unspecified atom stereocenters. The summed E-state index contributed by atoms with van der Waals surface area (Å²) in [6.07, 6.45) is 4.78. The summed E-state index contributed by atoms with van der Waals surface area (Å²) >= 11 is 0. The van der Waals surface area contributed by atoms with Crippen LogP contribution in [-0.4, -0.2) is 15.1 Å². The molecule has 0 radical (unpaired) electrons. The topological polar surface area (TPSA) is 46.0 Å². The first-order chi connectivity index (χ1) is 5.55. The van der Waals surface area contributed by atoms with Crippen LogP contribution < -0.4 is 0 Å². The molecule has 1 heterocycles. The Morgan fingerprint density at radius 2 is 2.08 bits per heavy atom. The summed E-state index contributed by atoms with van der Waals surface area (Å²) in [5.41, 5.74) is -0.256. The van der Waals surface area contributed by atoms with Crippen LogP contribution in [0.15, 0.2) is 18.6 Å². The highest BCUT2D eigenvalue weighted by atomic mass is 16.3. The van der Waals surface area contributed by atoms with E-state index in [1.165, 1.54) is 0 Å². The molecule has 3 nitrogen and oxygen atoms in total. The molecule has 0 aliphatic rings. The summed E-state index contributed by atoms with van der Waals surface area (Å²) in [6, 6.07) is 0. The van der Waals surface area contributed by atoms with Gasteiger partial charge < -0.3 is 5.11 Å². The van der Waals surface area contributed by atoms with Crippen LogP contribution in [0.4, 0.5) is 0 Å². The third-order valence-electron chi connectivity index (χ3n) is 2.21. The van der Waals surface area contributed by atoms with Crippen LogP contribution in [0, 0.1) is 5.92 Å². The molecule has 0 aliphatic heterocycles. The van der Waals surface area contributed by atoms with Crippen molar-refractivity contribution in [2.45, 2.75) is 26.4 Å². The third-order valence-corrected chi connectivity index (χ3v) is 2.21. The van der Waals surface area contributed by atoms with Crippen molar-refractivity contribution in [1.82, 2.24) is 9.97 Å². The van der Waals surface area contributed by atoms with E-state index in [9.17, 15) is 5.11 Å². The fourth-order valence-electron chi connectivity index (χ4n) is 0.856. The summed E-state index contributed by atoms with van der Waals surface area (Å²) in [5.74, 6) is 0.134. The van der Waals surface area contributed by atoms with Crippen molar-refractivity contribution in [2.75, 3.05) is 0 Å². The van der Waals surface area contributed by atoms with Crippen LogP contribution in [0.1, 0.15) is 26.5 Å². The van der Waals surface area contributed by atoms with Crippen LogP contribution in [0.3, 0.4) is 0 Å². The third kappa shape index (κ3) is 1.61. The smallest absolute Gasteiger partial charge is 0.108 e. The number of hydrogen-bond donors (Lipinski definition) is 1. The highest BCUT2D eigenvalue weighted by Crippen LogP contribution is 2.25. The van der Waals surface area contributed by atoms with E-state index in [0.717, 1.165) is 0 Å². The molecule has 0 saturated heterocycles. The first-order valence-electron chi connectivity index (χ1n) is 4.04. The first kappa shape index (κ1) is 9.13. The Hall–Kier alpha value is -0.960. The fraction of sp³-hybridized carbons (Fsp3) is 0.556. The quantitative estimate of drug-likeness (QED) is 0.721. The maximum absolute atomic E-state index is 9.96. The minimum atomic E-state index is -0.881. The number of nitrogens with zero attached hydrogens (tertiary/aromatic N) is 2. The average Bonchev–Trinajstić information content (AvgIpc) is 2.06. The lowest BCUT2D eigenvalue weighted by Gasteiger charge is -2.26. The zero-order valence-electron chi connectivity index (χ0n) is 7.65. The lowest BCUT2D eigenvalue weighted by atomic mass is 9.89. The Balaban J connectivity index is 2.98. The molecule has 1 rings (SSSR count). The van der Waals surface area contributed by atoms with Crippen molar-refractivity contribution in [3.63, 3.8) is 0 Å². The molecule has 66 valence electrons. The number of aliphatic hydroxyl groups is 1. The summed E-state index contributed by atoms with van der Waals surface area (Å²) < 4.78 is 0. The molecule has 3 heteroatoms.